The monoisotopic (exact) mass is 344 g/mol. The molecule has 1 aliphatic rings. The summed E-state index contributed by atoms with van der Waals surface area (Å²) in [6.45, 7) is 1.59. The van der Waals surface area contributed by atoms with Crippen molar-refractivity contribution < 1.29 is 22.9 Å². The van der Waals surface area contributed by atoms with Gasteiger partial charge in [0.05, 0.1) is 16.4 Å². The third-order valence-corrected chi connectivity index (χ3v) is 4.19. The summed E-state index contributed by atoms with van der Waals surface area (Å²) in [7, 11) is -4.02. The van der Waals surface area contributed by atoms with E-state index in [1.807, 2.05) is 0 Å². The minimum Gasteiger partial charge on any atom is -0.378 e. The zero-order valence-electron chi connectivity index (χ0n) is 12.1. The van der Waals surface area contributed by atoms with Gasteiger partial charge in [0.2, 0.25) is 15.9 Å². The van der Waals surface area contributed by atoms with E-state index in [-0.39, 0.29) is 29.6 Å². The van der Waals surface area contributed by atoms with Gasteiger partial charge in [-0.25, -0.2) is 13.6 Å². The number of ether oxygens (including phenoxy) is 1. The van der Waals surface area contributed by atoms with Crippen LogP contribution >= 0.6 is 0 Å². The van der Waals surface area contributed by atoms with E-state index in [9.17, 15) is 23.3 Å². The first-order valence-corrected chi connectivity index (χ1v) is 8.24. The molecule has 0 unspecified atom stereocenters. The smallest absolute Gasteiger partial charge is 0.293 e. The van der Waals surface area contributed by atoms with Crippen molar-refractivity contribution in [3.8, 4) is 0 Å². The average Bonchev–Trinajstić information content (AvgIpc) is 2.48. The highest BCUT2D eigenvalue weighted by Crippen LogP contribution is 2.26. The molecule has 1 fully saturated rings. The van der Waals surface area contributed by atoms with Crippen molar-refractivity contribution in [1.82, 2.24) is 4.90 Å². The van der Waals surface area contributed by atoms with E-state index in [0.717, 1.165) is 6.07 Å². The average molecular weight is 344 g/mol. The number of morpholine rings is 1. The zero-order valence-corrected chi connectivity index (χ0v) is 12.9. The topological polar surface area (TPSA) is 145 Å². The third kappa shape index (κ3) is 4.37. The number of benzene rings is 1. The number of nitrogens with two attached hydrogens (primary N) is 1. The van der Waals surface area contributed by atoms with Crippen LogP contribution in [0.4, 0.5) is 11.4 Å². The van der Waals surface area contributed by atoms with Crippen molar-refractivity contribution in [1.29, 1.82) is 0 Å². The maximum atomic E-state index is 11.6. The largest absolute Gasteiger partial charge is 0.378 e. The number of anilines is 1. The summed E-state index contributed by atoms with van der Waals surface area (Å²) in [5, 5.41) is 18.9. The van der Waals surface area contributed by atoms with E-state index in [1.54, 1.807) is 4.90 Å². The molecule has 0 bridgehead atoms. The summed E-state index contributed by atoms with van der Waals surface area (Å²) in [4.78, 5) is 23.2. The van der Waals surface area contributed by atoms with E-state index < -0.39 is 20.6 Å². The summed E-state index contributed by atoms with van der Waals surface area (Å²) in [6.07, 6.45) is 0. The molecule has 1 aromatic rings. The maximum absolute atomic E-state index is 11.6. The fraction of sp³-hybridized carbons (Fsp3) is 0.417. The molecule has 11 heteroatoms. The van der Waals surface area contributed by atoms with Gasteiger partial charge in [-0.15, -0.1) is 0 Å². The lowest BCUT2D eigenvalue weighted by atomic mass is 10.2. The van der Waals surface area contributed by atoms with Crippen LogP contribution in [-0.2, 0) is 19.6 Å². The molecule has 0 saturated carbocycles. The first-order valence-electron chi connectivity index (χ1n) is 6.69. The van der Waals surface area contributed by atoms with Gasteiger partial charge in [0.1, 0.15) is 12.3 Å². The molecule has 1 amide bonds. The fourth-order valence-corrected chi connectivity index (χ4v) is 2.63. The van der Waals surface area contributed by atoms with Crippen molar-refractivity contribution in [2.24, 2.45) is 5.14 Å². The van der Waals surface area contributed by atoms with Crippen molar-refractivity contribution in [3.05, 3.63) is 28.3 Å². The van der Waals surface area contributed by atoms with Crippen LogP contribution in [0.15, 0.2) is 23.1 Å². The van der Waals surface area contributed by atoms with Crippen LogP contribution in [0.25, 0.3) is 0 Å². The van der Waals surface area contributed by atoms with Gasteiger partial charge in [-0.2, -0.15) is 0 Å². The molecule has 2 rings (SSSR count). The highest BCUT2D eigenvalue weighted by molar-refractivity contribution is 7.89. The highest BCUT2D eigenvalue weighted by Gasteiger charge is 2.20. The molecule has 23 heavy (non-hydrogen) atoms. The normalized spacial score (nSPS) is 15.5. The van der Waals surface area contributed by atoms with Crippen LogP contribution in [0.2, 0.25) is 0 Å². The molecule has 3 N–H and O–H groups in total. The maximum Gasteiger partial charge on any atom is 0.293 e. The van der Waals surface area contributed by atoms with Gasteiger partial charge < -0.3 is 15.0 Å². The Morgan fingerprint density at radius 1 is 1.43 bits per heavy atom. The Balaban J connectivity index is 2.07. The summed E-state index contributed by atoms with van der Waals surface area (Å²) < 4.78 is 27.5. The number of carbonyl (C=O) groups excluding carboxylic acids is 1. The summed E-state index contributed by atoms with van der Waals surface area (Å²) in [6, 6.07) is 3.36. The predicted octanol–water partition coefficient (Wildman–Crippen LogP) is -0.487. The third-order valence-electron chi connectivity index (χ3n) is 3.28. The van der Waals surface area contributed by atoms with Gasteiger partial charge in [-0.3, -0.25) is 14.9 Å². The number of hydrogen-bond donors (Lipinski definition) is 2. The van der Waals surface area contributed by atoms with Crippen LogP contribution in [0.5, 0.6) is 0 Å². The number of nitrogens with zero attached hydrogens (tertiary/aromatic N) is 2. The molecule has 1 aromatic carbocycles. The fourth-order valence-electron chi connectivity index (χ4n) is 2.10. The van der Waals surface area contributed by atoms with Crippen molar-refractivity contribution in [2.45, 2.75) is 4.90 Å². The molecule has 1 aliphatic heterocycles. The Labute approximate surface area is 132 Å². The molecular weight excluding hydrogens is 328 g/mol. The molecule has 0 atom stereocenters. The summed E-state index contributed by atoms with van der Waals surface area (Å²) in [5.74, 6) is -0.142. The number of primary sulfonamides is 1. The molecule has 0 spiro atoms. The number of hydrogen-bond acceptors (Lipinski definition) is 7. The van der Waals surface area contributed by atoms with Crippen molar-refractivity contribution in [2.75, 3.05) is 38.2 Å². The first kappa shape index (κ1) is 17.1. The van der Waals surface area contributed by atoms with Gasteiger partial charge in [-0.1, -0.05) is 0 Å². The molecule has 0 aliphatic carbocycles. The van der Waals surface area contributed by atoms with Crippen molar-refractivity contribution in [3.63, 3.8) is 0 Å². The zero-order chi connectivity index (χ0) is 17.0. The lowest BCUT2D eigenvalue weighted by Crippen LogP contribution is -2.43. The predicted molar refractivity (Wildman–Crippen MR) is 80.4 cm³/mol. The number of amides is 1. The Morgan fingerprint density at radius 2 is 2.17 bits per heavy atom. The van der Waals surface area contributed by atoms with Gasteiger partial charge in [0.15, 0.2) is 0 Å². The Kier molecular flexibility index (Phi) is 5.13. The Hall–Kier alpha value is -2.24. The highest BCUT2D eigenvalue weighted by atomic mass is 32.2. The Bertz CT molecular complexity index is 720. The van der Waals surface area contributed by atoms with Gasteiger partial charge in [0, 0.05) is 25.7 Å². The number of rotatable bonds is 6. The number of nitro groups is 1. The summed E-state index contributed by atoms with van der Waals surface area (Å²) >= 11 is 0. The number of sulfonamides is 1. The molecule has 0 aromatic heterocycles. The van der Waals surface area contributed by atoms with Crippen LogP contribution in [0.1, 0.15) is 0 Å². The second-order valence-corrected chi connectivity index (χ2v) is 6.40. The second-order valence-electron chi connectivity index (χ2n) is 4.84. The minimum atomic E-state index is -4.02. The summed E-state index contributed by atoms with van der Waals surface area (Å²) in [5.41, 5.74) is -0.243. The molecule has 10 nitrogen and oxygen atoms in total. The molecule has 0 radical (unpaired) electrons. The van der Waals surface area contributed by atoms with Gasteiger partial charge in [0.25, 0.3) is 5.69 Å². The SMILES string of the molecule is NS(=O)(=O)c1ccc(NCCN2CCOCC2=O)c([N+](=O)[O-])c1. The minimum absolute atomic E-state index is 0.0310. The van der Waals surface area contributed by atoms with Crippen LogP contribution < -0.4 is 10.5 Å². The van der Waals surface area contributed by atoms with E-state index in [4.69, 9.17) is 9.88 Å². The van der Waals surface area contributed by atoms with E-state index in [0.29, 0.717) is 19.7 Å². The lowest BCUT2D eigenvalue weighted by Gasteiger charge is -2.26. The van der Waals surface area contributed by atoms with Crippen molar-refractivity contribution >= 4 is 27.3 Å². The van der Waals surface area contributed by atoms with E-state index in [2.05, 4.69) is 5.32 Å². The molecule has 1 saturated heterocycles. The van der Waals surface area contributed by atoms with E-state index in [1.165, 1.54) is 12.1 Å². The quantitative estimate of drug-likeness (QED) is 0.523. The number of nitro benzene ring substituents is 1. The molecular formula is C12H16N4O6S. The van der Waals surface area contributed by atoms with Gasteiger partial charge >= 0.3 is 0 Å². The van der Waals surface area contributed by atoms with E-state index >= 15 is 0 Å². The standard InChI is InChI=1S/C12H16N4O6S/c13-23(20,21)9-1-2-10(11(7-9)16(18)19)14-3-4-15-5-6-22-8-12(15)17/h1-2,7,14H,3-6,8H2,(H2,13,20,21). The lowest BCUT2D eigenvalue weighted by molar-refractivity contribution is -0.384. The molecule has 1 heterocycles. The van der Waals surface area contributed by atoms with Gasteiger partial charge in [-0.05, 0) is 12.1 Å². The van der Waals surface area contributed by atoms with Crippen LogP contribution in [-0.4, -0.2) is 57.0 Å². The number of nitrogens with one attached hydrogen (secondary N) is 1. The Morgan fingerprint density at radius 3 is 2.78 bits per heavy atom. The second kappa shape index (κ2) is 6.89. The number of carbonyl (C=O) groups is 1. The molecule has 126 valence electrons. The van der Waals surface area contributed by atoms with Crippen LogP contribution in [0.3, 0.4) is 0 Å². The first-order chi connectivity index (χ1) is 10.8. The van der Waals surface area contributed by atoms with Crippen LogP contribution in [0, 0.1) is 10.1 Å².